The Labute approximate surface area is 182 Å². The number of nitrogens with one attached hydrogen (secondary N) is 1. The summed E-state index contributed by atoms with van der Waals surface area (Å²) in [7, 11) is 0. The highest BCUT2D eigenvalue weighted by molar-refractivity contribution is 7.80. The molecule has 0 aliphatic carbocycles. The van der Waals surface area contributed by atoms with Gasteiger partial charge in [0, 0.05) is 27.9 Å². The van der Waals surface area contributed by atoms with Gasteiger partial charge in [0.2, 0.25) is 5.91 Å². The van der Waals surface area contributed by atoms with Crippen LogP contribution in [0.4, 0.5) is 0 Å². The molecule has 1 amide bonds. The number of carbonyl (C=O) groups excluding carboxylic acids is 1. The molecule has 1 aliphatic rings. The number of hydrogen-bond donors (Lipinski definition) is 4. The summed E-state index contributed by atoms with van der Waals surface area (Å²) in [5, 5.41) is 10.9. The van der Waals surface area contributed by atoms with Crippen molar-refractivity contribution in [3.05, 3.63) is 65.4 Å². The van der Waals surface area contributed by atoms with Crippen LogP contribution in [0.2, 0.25) is 0 Å². The van der Waals surface area contributed by atoms with Crippen LogP contribution >= 0.6 is 12.6 Å². The minimum Gasteiger partial charge on any atom is -0.508 e. The molecule has 1 aromatic heterocycles. The number of benzene rings is 2. The number of thiol groups is 1. The molecule has 6 heteroatoms. The summed E-state index contributed by atoms with van der Waals surface area (Å²) in [4.78, 5) is 17.1. The summed E-state index contributed by atoms with van der Waals surface area (Å²) in [5.74, 6) is 0.513. The topological polar surface area (TPSA) is 82.3 Å². The van der Waals surface area contributed by atoms with Gasteiger partial charge in [0.15, 0.2) is 0 Å². The predicted molar refractivity (Wildman–Crippen MR) is 124 cm³/mol. The summed E-state index contributed by atoms with van der Waals surface area (Å²) in [6.45, 7) is 3.27. The number of rotatable bonds is 7. The highest BCUT2D eigenvalue weighted by Gasteiger charge is 2.21. The maximum absolute atomic E-state index is 11.4. The van der Waals surface area contributed by atoms with E-state index in [2.05, 4.69) is 9.88 Å². The van der Waals surface area contributed by atoms with E-state index in [0.717, 1.165) is 56.2 Å². The van der Waals surface area contributed by atoms with E-state index in [1.807, 2.05) is 30.5 Å². The van der Waals surface area contributed by atoms with Gasteiger partial charge in [-0.1, -0.05) is 18.2 Å². The Morgan fingerprint density at radius 2 is 1.93 bits per heavy atom. The van der Waals surface area contributed by atoms with Crippen molar-refractivity contribution in [1.29, 1.82) is 0 Å². The SMILES string of the molecule is NC(=O)c1ccc2c(CC(S)CCN3CCC(c4ccc(O)cc4)CC3)c[nH]c2c1. The van der Waals surface area contributed by atoms with Gasteiger partial charge in [-0.05, 0) is 86.6 Å². The van der Waals surface area contributed by atoms with Gasteiger partial charge in [-0.3, -0.25) is 4.79 Å². The van der Waals surface area contributed by atoms with Crippen LogP contribution in [0.25, 0.3) is 10.9 Å². The van der Waals surface area contributed by atoms with Gasteiger partial charge in [-0.2, -0.15) is 12.6 Å². The number of piperidine rings is 1. The number of hydrogen-bond acceptors (Lipinski definition) is 4. The molecule has 5 nitrogen and oxygen atoms in total. The lowest BCUT2D eigenvalue weighted by Crippen LogP contribution is -2.34. The third-order valence-corrected chi connectivity index (χ3v) is 6.68. The van der Waals surface area contributed by atoms with Crippen LogP contribution in [0.3, 0.4) is 0 Å². The largest absolute Gasteiger partial charge is 0.508 e. The number of likely N-dealkylation sites (tertiary alicyclic amines) is 1. The zero-order valence-electron chi connectivity index (χ0n) is 17.1. The molecule has 2 heterocycles. The van der Waals surface area contributed by atoms with E-state index in [1.54, 1.807) is 18.2 Å². The molecule has 2 aromatic carbocycles. The second-order valence-corrected chi connectivity index (χ2v) is 9.02. The smallest absolute Gasteiger partial charge is 0.248 e. The summed E-state index contributed by atoms with van der Waals surface area (Å²) in [5.41, 5.74) is 9.40. The van der Waals surface area contributed by atoms with Gasteiger partial charge in [0.05, 0.1) is 0 Å². The third-order valence-electron chi connectivity index (χ3n) is 6.24. The van der Waals surface area contributed by atoms with E-state index >= 15 is 0 Å². The first-order valence-corrected chi connectivity index (χ1v) is 11.1. The number of H-pyrrole nitrogens is 1. The molecule has 158 valence electrons. The Hall–Kier alpha value is -2.44. The molecule has 1 unspecified atom stereocenters. The highest BCUT2D eigenvalue weighted by Crippen LogP contribution is 2.29. The maximum atomic E-state index is 11.4. The highest BCUT2D eigenvalue weighted by atomic mass is 32.1. The predicted octanol–water partition coefficient (Wildman–Crippen LogP) is 4.08. The molecule has 0 radical (unpaired) electrons. The van der Waals surface area contributed by atoms with E-state index in [4.69, 9.17) is 18.4 Å². The van der Waals surface area contributed by atoms with Crippen LogP contribution in [-0.4, -0.2) is 45.8 Å². The van der Waals surface area contributed by atoms with Crippen molar-refractivity contribution in [2.24, 2.45) is 5.73 Å². The van der Waals surface area contributed by atoms with E-state index in [9.17, 15) is 9.90 Å². The fourth-order valence-electron chi connectivity index (χ4n) is 4.43. The Morgan fingerprint density at radius 1 is 1.20 bits per heavy atom. The van der Waals surface area contributed by atoms with Crippen LogP contribution in [0.15, 0.2) is 48.7 Å². The maximum Gasteiger partial charge on any atom is 0.248 e. The average molecular weight is 424 g/mol. The monoisotopic (exact) mass is 423 g/mol. The van der Waals surface area contributed by atoms with Crippen molar-refractivity contribution in [2.75, 3.05) is 19.6 Å². The van der Waals surface area contributed by atoms with Gasteiger partial charge < -0.3 is 20.7 Å². The Balaban J connectivity index is 1.26. The standard InChI is InChI=1S/C24H29N3O2S/c25-24(29)18-3-6-22-19(15-26-23(22)14-18)13-21(30)9-12-27-10-7-17(8-11-27)16-1-4-20(28)5-2-16/h1-6,14-15,17,21,26,28,30H,7-13H2,(H2,25,29). The van der Waals surface area contributed by atoms with E-state index < -0.39 is 5.91 Å². The summed E-state index contributed by atoms with van der Waals surface area (Å²) in [6, 6.07) is 13.2. The second kappa shape index (κ2) is 9.14. The molecule has 0 bridgehead atoms. The molecule has 30 heavy (non-hydrogen) atoms. The number of aromatic nitrogens is 1. The zero-order valence-corrected chi connectivity index (χ0v) is 17.9. The van der Waals surface area contributed by atoms with E-state index in [-0.39, 0.29) is 5.25 Å². The van der Waals surface area contributed by atoms with Crippen LogP contribution in [0.1, 0.15) is 46.7 Å². The van der Waals surface area contributed by atoms with Crippen molar-refractivity contribution in [2.45, 2.75) is 36.9 Å². The van der Waals surface area contributed by atoms with Gasteiger partial charge in [-0.25, -0.2) is 0 Å². The first kappa shape index (κ1) is 20.8. The number of aromatic amines is 1. The van der Waals surface area contributed by atoms with Gasteiger partial charge in [0.1, 0.15) is 5.75 Å². The molecule has 1 saturated heterocycles. The Bertz CT molecular complexity index is 1010. The van der Waals surface area contributed by atoms with E-state index in [0.29, 0.717) is 17.2 Å². The number of primary amides is 1. The lowest BCUT2D eigenvalue weighted by molar-refractivity contribution is 0.100. The number of aromatic hydroxyl groups is 1. The molecule has 4 N–H and O–H groups in total. The molecule has 4 rings (SSSR count). The number of nitrogens with two attached hydrogens (primary N) is 1. The van der Waals surface area contributed by atoms with Crippen molar-refractivity contribution in [3.63, 3.8) is 0 Å². The number of phenolic OH excluding ortho intramolecular Hbond substituents is 1. The first-order valence-electron chi connectivity index (χ1n) is 10.6. The van der Waals surface area contributed by atoms with Crippen LogP contribution in [0, 0.1) is 0 Å². The first-order chi connectivity index (χ1) is 14.5. The van der Waals surface area contributed by atoms with Gasteiger partial charge in [-0.15, -0.1) is 0 Å². The minimum atomic E-state index is -0.408. The number of carbonyl (C=O) groups is 1. The number of fused-ring (bicyclic) bond motifs is 1. The molecule has 0 spiro atoms. The summed E-state index contributed by atoms with van der Waals surface area (Å²) in [6.07, 6.45) is 6.27. The van der Waals surface area contributed by atoms with Crippen LogP contribution in [0.5, 0.6) is 5.75 Å². The Morgan fingerprint density at radius 3 is 2.63 bits per heavy atom. The van der Waals surface area contributed by atoms with Crippen LogP contribution in [-0.2, 0) is 6.42 Å². The summed E-state index contributed by atoms with van der Waals surface area (Å²) >= 11 is 4.84. The number of phenols is 1. The van der Waals surface area contributed by atoms with Crippen molar-refractivity contribution >= 4 is 29.4 Å². The van der Waals surface area contributed by atoms with Gasteiger partial charge >= 0.3 is 0 Å². The second-order valence-electron chi connectivity index (χ2n) is 8.29. The molecule has 1 fully saturated rings. The average Bonchev–Trinajstić information content (AvgIpc) is 3.15. The fraction of sp³-hybridized carbons (Fsp3) is 0.375. The summed E-state index contributed by atoms with van der Waals surface area (Å²) < 4.78 is 0. The molecule has 1 atom stereocenters. The normalized spacial score (nSPS) is 16.7. The van der Waals surface area contributed by atoms with E-state index in [1.165, 1.54) is 11.1 Å². The number of nitrogens with zero attached hydrogens (tertiary/aromatic N) is 1. The quantitative estimate of drug-likeness (QED) is 0.432. The molecular weight excluding hydrogens is 394 g/mol. The third kappa shape index (κ3) is 4.82. The molecule has 0 saturated carbocycles. The molecular formula is C24H29N3O2S. The Kier molecular flexibility index (Phi) is 6.35. The molecule has 1 aliphatic heterocycles. The molecule has 3 aromatic rings. The number of amides is 1. The van der Waals surface area contributed by atoms with Crippen molar-refractivity contribution < 1.29 is 9.90 Å². The van der Waals surface area contributed by atoms with Crippen molar-refractivity contribution in [1.82, 2.24) is 9.88 Å². The van der Waals surface area contributed by atoms with Crippen molar-refractivity contribution in [3.8, 4) is 5.75 Å². The lowest BCUT2D eigenvalue weighted by Gasteiger charge is -2.32. The van der Waals surface area contributed by atoms with Gasteiger partial charge in [0.25, 0.3) is 0 Å². The zero-order chi connectivity index (χ0) is 21.1. The fourth-order valence-corrected chi connectivity index (χ4v) is 4.74. The van der Waals surface area contributed by atoms with Crippen LogP contribution < -0.4 is 5.73 Å². The lowest BCUT2D eigenvalue weighted by atomic mass is 9.89. The minimum absolute atomic E-state index is 0.287.